The number of carbonyl (C=O) groups excluding carboxylic acids is 3. The molecule has 1 aliphatic heterocycles. The van der Waals surface area contributed by atoms with Crippen LogP contribution >= 0.6 is 0 Å². The summed E-state index contributed by atoms with van der Waals surface area (Å²) >= 11 is 0. The lowest BCUT2D eigenvalue weighted by molar-refractivity contribution is -0.125. The van der Waals surface area contributed by atoms with E-state index in [1.165, 1.54) is 4.90 Å². The summed E-state index contributed by atoms with van der Waals surface area (Å²) in [5.74, 6) is 2.26. The van der Waals surface area contributed by atoms with E-state index in [0.29, 0.717) is 40.5 Å². The van der Waals surface area contributed by atoms with E-state index in [0.717, 1.165) is 12.8 Å². The number of rotatable bonds is 6. The number of hydrogen-bond acceptors (Lipinski definition) is 5. The molecule has 3 aliphatic carbocycles. The topological polar surface area (TPSA) is 72.9 Å². The van der Waals surface area contributed by atoms with E-state index in [-0.39, 0.29) is 42.0 Å². The van der Waals surface area contributed by atoms with Gasteiger partial charge in [-0.15, -0.1) is 0 Å². The first kappa shape index (κ1) is 20.2. The van der Waals surface area contributed by atoms with Crippen molar-refractivity contribution in [3.05, 3.63) is 66.2 Å². The summed E-state index contributed by atoms with van der Waals surface area (Å²) in [5.41, 5.74) is 1.11. The Kier molecular flexibility index (Phi) is 4.64. The molecule has 6 rings (SSSR count). The molecule has 4 aliphatic rings. The van der Waals surface area contributed by atoms with Gasteiger partial charge in [-0.25, -0.2) is 0 Å². The molecule has 2 amide bonds. The maximum absolute atomic E-state index is 13.3. The van der Waals surface area contributed by atoms with E-state index in [9.17, 15) is 14.4 Å². The fraction of sp³-hybridized carbons (Fsp3) is 0.370. The highest BCUT2D eigenvalue weighted by molar-refractivity contribution is 6.22. The molecular weight excluding hydrogens is 418 g/mol. The highest BCUT2D eigenvalue weighted by Gasteiger charge is 2.67. The average Bonchev–Trinajstić information content (AvgIpc) is 3.27. The van der Waals surface area contributed by atoms with Crippen molar-refractivity contribution in [1.82, 2.24) is 0 Å². The van der Waals surface area contributed by atoms with Gasteiger partial charge in [-0.3, -0.25) is 19.3 Å². The number of Topliss-reactive ketones (excluding diaryl/α,β-unsaturated/α-hetero) is 1. The van der Waals surface area contributed by atoms with Crippen LogP contribution in [-0.2, 0) is 9.59 Å². The Morgan fingerprint density at radius 2 is 1.67 bits per heavy atom. The van der Waals surface area contributed by atoms with Crippen LogP contribution in [0.25, 0.3) is 0 Å². The zero-order valence-corrected chi connectivity index (χ0v) is 18.3. The molecule has 6 nitrogen and oxygen atoms in total. The Hall–Kier alpha value is -3.41. The molecule has 0 spiro atoms. The minimum Gasteiger partial charge on any atom is -0.497 e. The SMILES string of the molecule is COc1ccc(C(=O)COc2ccc(N3C(=O)C4C5C=CCC6CC(C4C3=O)C65)cc2)cc1. The van der Waals surface area contributed by atoms with Crippen molar-refractivity contribution in [2.24, 2.45) is 35.5 Å². The lowest BCUT2D eigenvalue weighted by atomic mass is 9.59. The monoisotopic (exact) mass is 443 g/mol. The van der Waals surface area contributed by atoms with Crippen LogP contribution in [0.15, 0.2) is 60.7 Å². The highest BCUT2D eigenvalue weighted by Crippen LogP contribution is 2.65. The Labute approximate surface area is 192 Å². The molecular formula is C27H25NO5. The summed E-state index contributed by atoms with van der Waals surface area (Å²) in [4.78, 5) is 40.3. The maximum atomic E-state index is 13.3. The molecule has 168 valence electrons. The predicted octanol–water partition coefficient (Wildman–Crippen LogP) is 3.90. The molecule has 0 bridgehead atoms. The van der Waals surface area contributed by atoms with Crippen molar-refractivity contribution in [1.29, 1.82) is 0 Å². The van der Waals surface area contributed by atoms with E-state index in [1.54, 1.807) is 55.6 Å². The molecule has 0 N–H and O–H groups in total. The second-order valence-corrected chi connectivity index (χ2v) is 9.48. The number of benzene rings is 2. The predicted molar refractivity (Wildman–Crippen MR) is 121 cm³/mol. The molecule has 3 fully saturated rings. The number of fused-ring (bicyclic) bond motifs is 3. The summed E-state index contributed by atoms with van der Waals surface area (Å²) in [6.45, 7) is -0.102. The molecule has 6 unspecified atom stereocenters. The zero-order chi connectivity index (χ0) is 22.7. The summed E-state index contributed by atoms with van der Waals surface area (Å²) in [7, 11) is 1.57. The van der Waals surface area contributed by atoms with Gasteiger partial charge in [0.25, 0.3) is 0 Å². The summed E-state index contributed by atoms with van der Waals surface area (Å²) in [5, 5.41) is 0. The quantitative estimate of drug-likeness (QED) is 0.385. The second kappa shape index (κ2) is 7.58. The number of hydrogen-bond donors (Lipinski definition) is 0. The van der Waals surface area contributed by atoms with Gasteiger partial charge in [0.15, 0.2) is 12.4 Å². The van der Waals surface area contributed by atoms with E-state index in [2.05, 4.69) is 12.2 Å². The largest absolute Gasteiger partial charge is 0.497 e. The van der Waals surface area contributed by atoms with Gasteiger partial charge < -0.3 is 9.47 Å². The molecule has 33 heavy (non-hydrogen) atoms. The molecule has 0 aromatic heterocycles. The second-order valence-electron chi connectivity index (χ2n) is 9.48. The Morgan fingerprint density at radius 1 is 0.970 bits per heavy atom. The van der Waals surface area contributed by atoms with Crippen molar-refractivity contribution >= 4 is 23.3 Å². The summed E-state index contributed by atoms with van der Waals surface area (Å²) in [6.07, 6.45) is 6.54. The van der Waals surface area contributed by atoms with Gasteiger partial charge in [-0.1, -0.05) is 12.2 Å². The van der Waals surface area contributed by atoms with Gasteiger partial charge >= 0.3 is 0 Å². The van der Waals surface area contributed by atoms with Crippen LogP contribution < -0.4 is 14.4 Å². The Morgan fingerprint density at radius 3 is 2.39 bits per heavy atom. The minimum absolute atomic E-state index is 0.0559. The maximum Gasteiger partial charge on any atom is 0.238 e. The van der Waals surface area contributed by atoms with Gasteiger partial charge in [0, 0.05) is 5.56 Å². The number of nitrogens with zero attached hydrogens (tertiary/aromatic N) is 1. The first-order valence-electron chi connectivity index (χ1n) is 11.5. The molecule has 1 saturated heterocycles. The minimum atomic E-state index is -0.216. The fourth-order valence-corrected chi connectivity index (χ4v) is 6.48. The lowest BCUT2D eigenvalue weighted by Gasteiger charge is -2.46. The van der Waals surface area contributed by atoms with Crippen molar-refractivity contribution in [2.75, 3.05) is 18.6 Å². The first-order chi connectivity index (χ1) is 16.1. The highest BCUT2D eigenvalue weighted by atomic mass is 16.5. The number of ether oxygens (including phenoxy) is 2. The third kappa shape index (κ3) is 3.04. The Bertz CT molecular complexity index is 1150. The molecule has 2 aromatic rings. The van der Waals surface area contributed by atoms with Crippen LogP contribution in [0.5, 0.6) is 11.5 Å². The molecule has 0 radical (unpaired) electrons. The van der Waals surface area contributed by atoms with Gasteiger partial charge in [-0.05, 0) is 85.0 Å². The molecule has 6 heteroatoms. The van der Waals surface area contributed by atoms with Gasteiger partial charge in [0.1, 0.15) is 11.5 Å². The summed E-state index contributed by atoms with van der Waals surface area (Å²) < 4.78 is 10.7. The fourth-order valence-electron chi connectivity index (χ4n) is 6.48. The van der Waals surface area contributed by atoms with Crippen LogP contribution in [0.2, 0.25) is 0 Å². The van der Waals surface area contributed by atoms with E-state index in [1.807, 2.05) is 0 Å². The van der Waals surface area contributed by atoms with Crippen LogP contribution in [0.1, 0.15) is 23.2 Å². The Balaban J connectivity index is 1.14. The normalized spacial score (nSPS) is 31.1. The third-order valence-corrected chi connectivity index (χ3v) is 8.01. The third-order valence-electron chi connectivity index (χ3n) is 8.01. The van der Waals surface area contributed by atoms with Crippen molar-refractivity contribution < 1.29 is 23.9 Å². The number of carbonyl (C=O) groups is 3. The molecule has 2 saturated carbocycles. The van der Waals surface area contributed by atoms with Crippen LogP contribution in [0.3, 0.4) is 0 Å². The van der Waals surface area contributed by atoms with Gasteiger partial charge in [0.2, 0.25) is 11.8 Å². The number of anilines is 1. The van der Waals surface area contributed by atoms with Crippen molar-refractivity contribution in [3.8, 4) is 11.5 Å². The van der Waals surface area contributed by atoms with E-state index >= 15 is 0 Å². The average molecular weight is 443 g/mol. The number of methoxy groups -OCH3 is 1. The van der Waals surface area contributed by atoms with Crippen LogP contribution in [0.4, 0.5) is 5.69 Å². The molecule has 6 atom stereocenters. The smallest absolute Gasteiger partial charge is 0.238 e. The van der Waals surface area contributed by atoms with E-state index in [4.69, 9.17) is 9.47 Å². The van der Waals surface area contributed by atoms with Crippen LogP contribution in [0, 0.1) is 35.5 Å². The number of ketones is 1. The van der Waals surface area contributed by atoms with E-state index < -0.39 is 0 Å². The number of allylic oxidation sites excluding steroid dienone is 2. The van der Waals surface area contributed by atoms with Crippen molar-refractivity contribution in [3.63, 3.8) is 0 Å². The first-order valence-corrected chi connectivity index (χ1v) is 11.5. The van der Waals surface area contributed by atoms with Crippen molar-refractivity contribution in [2.45, 2.75) is 12.8 Å². The van der Waals surface area contributed by atoms with Crippen LogP contribution in [-0.4, -0.2) is 31.3 Å². The van der Waals surface area contributed by atoms with Gasteiger partial charge in [-0.2, -0.15) is 0 Å². The zero-order valence-electron chi connectivity index (χ0n) is 18.3. The number of imide groups is 1. The molecule has 2 aromatic carbocycles. The summed E-state index contributed by atoms with van der Waals surface area (Å²) in [6, 6.07) is 13.7. The standard InChI is InChI=1S/C27H25NO5/c1-32-18-9-5-15(6-10-18)22(29)14-33-19-11-7-17(8-12-19)28-26(30)24-20-4-2-3-16-13-21(23(16)20)25(24)27(28)31/h2,4-12,16,20-21,23-25H,3,13-14H2,1H3. The lowest BCUT2D eigenvalue weighted by Crippen LogP contribution is -2.44. The number of amides is 2. The van der Waals surface area contributed by atoms with Gasteiger partial charge in [0.05, 0.1) is 24.6 Å². The molecule has 1 heterocycles.